The van der Waals surface area contributed by atoms with Gasteiger partial charge in [-0.2, -0.15) is 5.10 Å². The lowest BCUT2D eigenvalue weighted by Gasteiger charge is -2.22. The summed E-state index contributed by atoms with van der Waals surface area (Å²) in [5.41, 5.74) is 4.70. The van der Waals surface area contributed by atoms with Crippen LogP contribution in [0, 0.1) is 0 Å². The Hall–Kier alpha value is -2.87. The number of nitrogens with zero attached hydrogens (tertiary/aromatic N) is 2. The van der Waals surface area contributed by atoms with Crippen LogP contribution in [-0.2, 0) is 4.79 Å². The highest BCUT2D eigenvalue weighted by molar-refractivity contribution is 9.10. The topological polar surface area (TPSA) is 83.0 Å². The summed E-state index contributed by atoms with van der Waals surface area (Å²) in [7, 11) is 1.59. The van der Waals surface area contributed by atoms with Gasteiger partial charge < -0.3 is 15.0 Å². The SMILES string of the molecule is CCN(CC)c1ccc(C=NNC(=O)C(C)NC(=O)c2ccccc2Br)c(OC)c1. The summed E-state index contributed by atoms with van der Waals surface area (Å²) in [6.07, 6.45) is 1.52. The molecular formula is C22H27BrN4O3. The molecule has 2 amide bonds. The maximum absolute atomic E-state index is 12.3. The van der Waals surface area contributed by atoms with Crippen LogP contribution in [0.4, 0.5) is 5.69 Å². The molecule has 0 spiro atoms. The van der Waals surface area contributed by atoms with E-state index in [1.807, 2.05) is 24.3 Å². The second kappa shape index (κ2) is 11.3. The van der Waals surface area contributed by atoms with Crippen molar-refractivity contribution < 1.29 is 14.3 Å². The average Bonchev–Trinajstić information content (AvgIpc) is 2.75. The predicted molar refractivity (Wildman–Crippen MR) is 123 cm³/mol. The number of amides is 2. The summed E-state index contributed by atoms with van der Waals surface area (Å²) >= 11 is 3.33. The third-order valence-corrected chi connectivity index (χ3v) is 5.27. The van der Waals surface area contributed by atoms with Crippen molar-refractivity contribution in [3.63, 3.8) is 0 Å². The summed E-state index contributed by atoms with van der Waals surface area (Å²) in [5.74, 6) is -0.110. The number of benzene rings is 2. The summed E-state index contributed by atoms with van der Waals surface area (Å²) in [6, 6.07) is 12.1. The van der Waals surface area contributed by atoms with Gasteiger partial charge in [0.15, 0.2) is 0 Å². The maximum Gasteiger partial charge on any atom is 0.262 e. The Morgan fingerprint density at radius 2 is 1.90 bits per heavy atom. The molecule has 0 aromatic heterocycles. The first-order valence-corrected chi connectivity index (χ1v) is 10.5. The minimum absolute atomic E-state index is 0.345. The molecule has 0 saturated heterocycles. The third-order valence-electron chi connectivity index (χ3n) is 4.58. The minimum atomic E-state index is -0.756. The van der Waals surface area contributed by atoms with Crippen molar-refractivity contribution in [2.75, 3.05) is 25.1 Å². The lowest BCUT2D eigenvalue weighted by molar-refractivity contribution is -0.122. The van der Waals surface area contributed by atoms with E-state index < -0.39 is 11.9 Å². The fourth-order valence-corrected chi connectivity index (χ4v) is 3.30. The van der Waals surface area contributed by atoms with E-state index in [0.717, 1.165) is 24.3 Å². The zero-order valence-electron chi connectivity index (χ0n) is 17.6. The molecule has 0 saturated carbocycles. The molecule has 8 heteroatoms. The van der Waals surface area contributed by atoms with Crippen molar-refractivity contribution in [3.8, 4) is 5.75 Å². The number of carbonyl (C=O) groups excluding carboxylic acids is 2. The summed E-state index contributed by atoms with van der Waals surface area (Å²) in [5, 5.41) is 6.66. The molecule has 0 radical (unpaired) electrons. The van der Waals surface area contributed by atoms with Gasteiger partial charge in [-0.3, -0.25) is 9.59 Å². The number of carbonyl (C=O) groups is 2. The summed E-state index contributed by atoms with van der Waals surface area (Å²) < 4.78 is 6.11. The first kappa shape index (κ1) is 23.4. The van der Waals surface area contributed by atoms with Crippen LogP contribution in [0.1, 0.15) is 36.7 Å². The molecule has 2 aromatic carbocycles. The monoisotopic (exact) mass is 474 g/mol. The van der Waals surface area contributed by atoms with Gasteiger partial charge in [0.1, 0.15) is 11.8 Å². The van der Waals surface area contributed by atoms with Crippen LogP contribution >= 0.6 is 15.9 Å². The zero-order chi connectivity index (χ0) is 22.1. The molecule has 0 heterocycles. The van der Waals surface area contributed by atoms with Gasteiger partial charge in [-0.1, -0.05) is 12.1 Å². The number of halogens is 1. The quantitative estimate of drug-likeness (QED) is 0.429. The largest absolute Gasteiger partial charge is 0.496 e. The Morgan fingerprint density at radius 3 is 2.53 bits per heavy atom. The Labute approximate surface area is 185 Å². The van der Waals surface area contributed by atoms with Gasteiger partial charge in [-0.25, -0.2) is 5.43 Å². The van der Waals surface area contributed by atoms with E-state index in [1.54, 1.807) is 32.2 Å². The standard InChI is InChI=1S/C22H27BrN4O3/c1-5-27(6-2)17-12-11-16(20(13-17)30-4)14-24-26-21(28)15(3)25-22(29)18-9-7-8-10-19(18)23/h7-15H,5-6H2,1-4H3,(H,25,29)(H,26,28). The molecule has 2 N–H and O–H groups in total. The summed E-state index contributed by atoms with van der Waals surface area (Å²) in [6.45, 7) is 7.58. The number of nitrogens with one attached hydrogen (secondary N) is 2. The van der Waals surface area contributed by atoms with E-state index in [0.29, 0.717) is 15.8 Å². The van der Waals surface area contributed by atoms with E-state index in [1.165, 1.54) is 6.21 Å². The van der Waals surface area contributed by atoms with Gasteiger partial charge in [-0.15, -0.1) is 0 Å². The Bertz CT molecular complexity index is 913. The average molecular weight is 475 g/mol. The van der Waals surface area contributed by atoms with E-state index in [2.05, 4.69) is 50.5 Å². The fraction of sp³-hybridized carbons (Fsp3) is 0.318. The molecule has 30 heavy (non-hydrogen) atoms. The molecule has 7 nitrogen and oxygen atoms in total. The number of ether oxygens (including phenoxy) is 1. The predicted octanol–water partition coefficient (Wildman–Crippen LogP) is 3.57. The molecule has 0 aliphatic heterocycles. The molecule has 0 aliphatic rings. The van der Waals surface area contributed by atoms with Gasteiger partial charge in [0.2, 0.25) is 0 Å². The van der Waals surface area contributed by atoms with Crippen LogP contribution in [0.3, 0.4) is 0 Å². The van der Waals surface area contributed by atoms with E-state index in [4.69, 9.17) is 4.74 Å². The highest BCUT2D eigenvalue weighted by Crippen LogP contribution is 2.24. The number of anilines is 1. The molecule has 0 bridgehead atoms. The third kappa shape index (κ3) is 6.06. The van der Waals surface area contributed by atoms with Gasteiger partial charge in [0.05, 0.1) is 18.9 Å². The fourth-order valence-electron chi connectivity index (χ4n) is 2.84. The number of methoxy groups -OCH3 is 1. The van der Waals surface area contributed by atoms with Crippen molar-refractivity contribution >= 4 is 39.6 Å². The van der Waals surface area contributed by atoms with E-state index in [9.17, 15) is 9.59 Å². The van der Waals surface area contributed by atoms with Crippen LogP contribution in [0.5, 0.6) is 5.75 Å². The second-order valence-corrected chi connectivity index (χ2v) is 7.36. The number of hydrogen-bond donors (Lipinski definition) is 2. The van der Waals surface area contributed by atoms with Crippen LogP contribution in [-0.4, -0.2) is 44.3 Å². The Kier molecular flexibility index (Phi) is 8.86. The van der Waals surface area contributed by atoms with Crippen molar-refractivity contribution in [3.05, 3.63) is 58.1 Å². The highest BCUT2D eigenvalue weighted by atomic mass is 79.9. The molecule has 2 rings (SSSR count). The molecule has 1 unspecified atom stereocenters. The van der Waals surface area contributed by atoms with Gasteiger partial charge >= 0.3 is 0 Å². The lowest BCUT2D eigenvalue weighted by atomic mass is 10.2. The van der Waals surface area contributed by atoms with E-state index in [-0.39, 0.29) is 5.91 Å². The van der Waals surface area contributed by atoms with Gasteiger partial charge in [0.25, 0.3) is 11.8 Å². The van der Waals surface area contributed by atoms with Crippen LogP contribution in [0.15, 0.2) is 52.0 Å². The molecular weight excluding hydrogens is 448 g/mol. The Morgan fingerprint density at radius 1 is 1.20 bits per heavy atom. The molecule has 1 atom stereocenters. The number of rotatable bonds is 9. The molecule has 160 valence electrons. The highest BCUT2D eigenvalue weighted by Gasteiger charge is 2.17. The first-order valence-electron chi connectivity index (χ1n) is 9.72. The van der Waals surface area contributed by atoms with Gasteiger partial charge in [-0.05, 0) is 61.0 Å². The smallest absolute Gasteiger partial charge is 0.262 e. The van der Waals surface area contributed by atoms with Crippen LogP contribution in [0.2, 0.25) is 0 Å². The molecule has 2 aromatic rings. The summed E-state index contributed by atoms with van der Waals surface area (Å²) in [4.78, 5) is 26.8. The van der Waals surface area contributed by atoms with Crippen molar-refractivity contribution in [1.29, 1.82) is 0 Å². The Balaban J connectivity index is 1.99. The normalized spacial score (nSPS) is 11.8. The zero-order valence-corrected chi connectivity index (χ0v) is 19.2. The van der Waals surface area contributed by atoms with E-state index >= 15 is 0 Å². The van der Waals surface area contributed by atoms with Crippen molar-refractivity contribution in [1.82, 2.24) is 10.7 Å². The van der Waals surface area contributed by atoms with Crippen LogP contribution in [0.25, 0.3) is 0 Å². The first-order chi connectivity index (χ1) is 14.4. The second-order valence-electron chi connectivity index (χ2n) is 6.51. The maximum atomic E-state index is 12.3. The van der Waals surface area contributed by atoms with Gasteiger partial charge in [0, 0.05) is 34.9 Å². The number of hydrazone groups is 1. The minimum Gasteiger partial charge on any atom is -0.496 e. The molecule has 0 fully saturated rings. The lowest BCUT2D eigenvalue weighted by Crippen LogP contribution is -2.43. The van der Waals surface area contributed by atoms with Crippen molar-refractivity contribution in [2.24, 2.45) is 5.10 Å². The number of hydrogen-bond acceptors (Lipinski definition) is 5. The van der Waals surface area contributed by atoms with Crippen LogP contribution < -0.4 is 20.4 Å². The molecule has 0 aliphatic carbocycles. The van der Waals surface area contributed by atoms with Crippen molar-refractivity contribution in [2.45, 2.75) is 26.8 Å².